The molecule has 2 amide bonds. The molecule has 0 heterocycles. The van der Waals surface area contributed by atoms with Crippen LogP contribution in [-0.4, -0.2) is 22.9 Å². The quantitative estimate of drug-likeness (QED) is 0.686. The van der Waals surface area contributed by atoms with Crippen LogP contribution in [0.15, 0.2) is 48.5 Å². The number of anilines is 2. The molecule has 0 atom stereocenters. The zero-order chi connectivity index (χ0) is 20.0. The second kappa shape index (κ2) is 8.49. The van der Waals surface area contributed by atoms with Crippen molar-refractivity contribution in [2.24, 2.45) is 5.41 Å². The van der Waals surface area contributed by atoms with E-state index in [9.17, 15) is 14.4 Å². The summed E-state index contributed by atoms with van der Waals surface area (Å²) in [5, 5.41) is 14.5. The van der Waals surface area contributed by atoms with E-state index in [-0.39, 0.29) is 24.7 Å². The number of benzene rings is 2. The smallest absolute Gasteiger partial charge is 0.303 e. The van der Waals surface area contributed by atoms with Crippen LogP contribution in [0, 0.1) is 12.3 Å². The Kier molecular flexibility index (Phi) is 6.34. The third-order valence-corrected chi connectivity index (χ3v) is 4.15. The van der Waals surface area contributed by atoms with E-state index in [1.165, 1.54) is 0 Å². The Balaban J connectivity index is 2.11. The Labute approximate surface area is 158 Å². The van der Waals surface area contributed by atoms with E-state index >= 15 is 0 Å². The average Bonchev–Trinajstić information content (AvgIpc) is 2.55. The molecule has 6 heteroatoms. The first-order valence-corrected chi connectivity index (χ1v) is 8.65. The molecule has 2 aromatic carbocycles. The van der Waals surface area contributed by atoms with E-state index in [4.69, 9.17) is 5.11 Å². The first-order chi connectivity index (χ1) is 12.7. The highest BCUT2D eigenvalue weighted by Crippen LogP contribution is 2.27. The van der Waals surface area contributed by atoms with Gasteiger partial charge in [0.1, 0.15) is 0 Å². The van der Waals surface area contributed by atoms with Gasteiger partial charge in [-0.25, -0.2) is 0 Å². The van der Waals surface area contributed by atoms with Gasteiger partial charge in [0.05, 0.1) is 6.42 Å². The van der Waals surface area contributed by atoms with Crippen LogP contribution >= 0.6 is 0 Å². The molecular formula is C21H24N2O4. The van der Waals surface area contributed by atoms with E-state index in [0.717, 1.165) is 0 Å². The van der Waals surface area contributed by atoms with Gasteiger partial charge in [0.2, 0.25) is 5.91 Å². The number of amides is 2. The fourth-order valence-corrected chi connectivity index (χ4v) is 2.84. The number of carboxylic acids is 1. The molecule has 2 rings (SSSR count). The summed E-state index contributed by atoms with van der Waals surface area (Å²) in [5.41, 5.74) is 1.67. The van der Waals surface area contributed by atoms with E-state index in [0.29, 0.717) is 22.5 Å². The minimum atomic E-state index is -0.941. The van der Waals surface area contributed by atoms with Crippen molar-refractivity contribution in [3.63, 3.8) is 0 Å². The lowest BCUT2D eigenvalue weighted by Crippen LogP contribution is -2.25. The Morgan fingerprint density at radius 2 is 1.59 bits per heavy atom. The van der Waals surface area contributed by atoms with Crippen molar-refractivity contribution in [1.29, 1.82) is 0 Å². The van der Waals surface area contributed by atoms with Gasteiger partial charge in [0.15, 0.2) is 0 Å². The summed E-state index contributed by atoms with van der Waals surface area (Å²) < 4.78 is 0. The number of hydrogen-bond donors (Lipinski definition) is 3. The molecule has 0 radical (unpaired) electrons. The van der Waals surface area contributed by atoms with Gasteiger partial charge in [0.25, 0.3) is 5.91 Å². The molecule has 0 unspecified atom stereocenters. The van der Waals surface area contributed by atoms with Crippen molar-refractivity contribution in [2.45, 2.75) is 33.6 Å². The maximum absolute atomic E-state index is 12.5. The summed E-state index contributed by atoms with van der Waals surface area (Å²) in [6.45, 7) is 5.23. The van der Waals surface area contributed by atoms with Crippen LogP contribution in [0.2, 0.25) is 0 Å². The number of para-hydroxylation sites is 1. The summed E-state index contributed by atoms with van der Waals surface area (Å²) in [6, 6.07) is 14.2. The molecule has 3 N–H and O–H groups in total. The van der Waals surface area contributed by atoms with E-state index in [1.54, 1.807) is 51.1 Å². The zero-order valence-electron chi connectivity index (χ0n) is 15.7. The van der Waals surface area contributed by atoms with Crippen molar-refractivity contribution in [1.82, 2.24) is 0 Å². The third-order valence-electron chi connectivity index (χ3n) is 4.15. The average molecular weight is 368 g/mol. The molecule has 27 heavy (non-hydrogen) atoms. The predicted molar refractivity (Wildman–Crippen MR) is 105 cm³/mol. The van der Waals surface area contributed by atoms with Crippen molar-refractivity contribution < 1.29 is 19.5 Å². The molecule has 0 saturated heterocycles. The minimum Gasteiger partial charge on any atom is -0.481 e. The summed E-state index contributed by atoms with van der Waals surface area (Å²) >= 11 is 0. The lowest BCUT2D eigenvalue weighted by molar-refractivity contribution is -0.139. The lowest BCUT2D eigenvalue weighted by Gasteiger charge is -2.22. The van der Waals surface area contributed by atoms with Crippen LogP contribution in [0.25, 0.3) is 0 Å². The number of carbonyl (C=O) groups is 3. The van der Waals surface area contributed by atoms with Gasteiger partial charge >= 0.3 is 5.97 Å². The second-order valence-electron chi connectivity index (χ2n) is 7.26. The molecule has 0 saturated carbocycles. The van der Waals surface area contributed by atoms with Gasteiger partial charge in [-0.15, -0.1) is 0 Å². The zero-order valence-corrected chi connectivity index (χ0v) is 15.7. The molecule has 6 nitrogen and oxygen atoms in total. The second-order valence-corrected chi connectivity index (χ2v) is 7.26. The number of carbonyl (C=O) groups excluding carboxylic acids is 2. The topological polar surface area (TPSA) is 95.5 Å². The summed E-state index contributed by atoms with van der Waals surface area (Å²) in [6.07, 6.45) is -0.0297. The van der Waals surface area contributed by atoms with Crippen LogP contribution in [0.5, 0.6) is 0 Å². The van der Waals surface area contributed by atoms with Crippen molar-refractivity contribution >= 4 is 29.2 Å². The summed E-state index contributed by atoms with van der Waals surface area (Å²) in [4.78, 5) is 35.8. The Bertz CT molecular complexity index is 845. The molecule has 0 spiro atoms. The van der Waals surface area contributed by atoms with Crippen molar-refractivity contribution in [2.75, 3.05) is 10.6 Å². The molecule has 0 bridgehead atoms. The fourth-order valence-electron chi connectivity index (χ4n) is 2.84. The van der Waals surface area contributed by atoms with Gasteiger partial charge in [-0.3, -0.25) is 14.4 Å². The van der Waals surface area contributed by atoms with Crippen LogP contribution in [0.3, 0.4) is 0 Å². The van der Waals surface area contributed by atoms with Crippen LogP contribution < -0.4 is 10.6 Å². The molecule has 0 aliphatic heterocycles. The van der Waals surface area contributed by atoms with Crippen LogP contribution in [0.1, 0.15) is 42.6 Å². The Hall–Kier alpha value is -3.15. The standard InChI is InChI=1S/C21H24N2O4/c1-14-16(20(27)22-15-8-5-4-6-9-15)10-7-11-17(14)23-18(24)12-21(2,3)13-19(25)26/h4-11H,12-13H2,1-3H3,(H,22,27)(H,23,24)(H,25,26). The van der Waals surface area contributed by atoms with E-state index < -0.39 is 11.4 Å². The fraction of sp³-hybridized carbons (Fsp3) is 0.286. The maximum atomic E-state index is 12.5. The highest BCUT2D eigenvalue weighted by Gasteiger charge is 2.25. The number of rotatable bonds is 7. The van der Waals surface area contributed by atoms with Gasteiger partial charge in [-0.05, 0) is 42.2 Å². The van der Waals surface area contributed by atoms with E-state index in [1.807, 2.05) is 18.2 Å². The maximum Gasteiger partial charge on any atom is 0.303 e. The van der Waals surface area contributed by atoms with E-state index in [2.05, 4.69) is 10.6 Å². The predicted octanol–water partition coefficient (Wildman–Crippen LogP) is 4.08. The van der Waals surface area contributed by atoms with Gasteiger partial charge in [-0.1, -0.05) is 38.1 Å². The number of nitrogens with one attached hydrogen (secondary N) is 2. The molecule has 142 valence electrons. The monoisotopic (exact) mass is 368 g/mol. The number of carboxylic acid groups (broad SMARTS) is 1. The molecule has 0 fully saturated rings. The third kappa shape index (κ3) is 5.95. The SMILES string of the molecule is Cc1c(NC(=O)CC(C)(C)CC(=O)O)cccc1C(=O)Nc1ccccc1. The Morgan fingerprint density at radius 1 is 0.926 bits per heavy atom. The molecule has 2 aromatic rings. The van der Waals surface area contributed by atoms with Gasteiger partial charge < -0.3 is 15.7 Å². The normalized spacial score (nSPS) is 10.9. The first-order valence-electron chi connectivity index (χ1n) is 8.65. The molecule has 0 aliphatic rings. The minimum absolute atomic E-state index is 0.0686. The first kappa shape index (κ1) is 20.2. The van der Waals surface area contributed by atoms with Crippen molar-refractivity contribution in [3.8, 4) is 0 Å². The highest BCUT2D eigenvalue weighted by atomic mass is 16.4. The lowest BCUT2D eigenvalue weighted by atomic mass is 9.85. The molecular weight excluding hydrogens is 344 g/mol. The van der Waals surface area contributed by atoms with Crippen LogP contribution in [-0.2, 0) is 9.59 Å². The number of hydrogen-bond acceptors (Lipinski definition) is 3. The van der Waals surface area contributed by atoms with Gasteiger partial charge in [-0.2, -0.15) is 0 Å². The van der Waals surface area contributed by atoms with Crippen molar-refractivity contribution in [3.05, 3.63) is 59.7 Å². The molecule has 0 aromatic heterocycles. The van der Waals surface area contributed by atoms with Gasteiger partial charge in [0, 0.05) is 23.4 Å². The molecule has 0 aliphatic carbocycles. The highest BCUT2D eigenvalue weighted by molar-refractivity contribution is 6.06. The van der Waals surface area contributed by atoms with Crippen LogP contribution in [0.4, 0.5) is 11.4 Å². The number of aliphatic carboxylic acids is 1. The largest absolute Gasteiger partial charge is 0.481 e. The summed E-state index contributed by atoms with van der Waals surface area (Å²) in [5.74, 6) is -1.49. The Morgan fingerprint density at radius 3 is 2.22 bits per heavy atom. The summed E-state index contributed by atoms with van der Waals surface area (Å²) in [7, 11) is 0.